The highest BCUT2D eigenvalue weighted by Gasteiger charge is 2.23. The molecule has 2 rings (SSSR count). The number of carbonyl (C=O) groups excluding carboxylic acids is 1. The predicted octanol–water partition coefficient (Wildman–Crippen LogP) is 0.882. The molecule has 0 radical (unpaired) electrons. The number of oxime groups is 1. The van der Waals surface area contributed by atoms with E-state index >= 15 is 0 Å². The molecule has 1 aromatic carbocycles. The molecule has 0 amide bonds. The molecular formula is C13H11N3O6S. The number of benzene rings is 1. The van der Waals surface area contributed by atoms with Crippen molar-refractivity contribution in [3.63, 3.8) is 0 Å². The summed E-state index contributed by atoms with van der Waals surface area (Å²) in [6.07, 6.45) is -1.24. The first kappa shape index (κ1) is 16.2. The minimum absolute atomic E-state index is 0.0274. The highest BCUT2D eigenvalue weighted by Crippen LogP contribution is 2.29. The summed E-state index contributed by atoms with van der Waals surface area (Å²) in [6, 6.07) is 3.37. The summed E-state index contributed by atoms with van der Waals surface area (Å²) in [4.78, 5) is 31.0. The van der Waals surface area contributed by atoms with Crippen LogP contribution in [0.3, 0.4) is 0 Å². The first-order valence-electron chi connectivity index (χ1n) is 6.07. The zero-order valence-corrected chi connectivity index (χ0v) is 12.2. The number of aromatic hydroxyl groups is 2. The van der Waals surface area contributed by atoms with Crippen molar-refractivity contribution in [1.29, 1.82) is 0 Å². The number of aldehydes is 1. The summed E-state index contributed by atoms with van der Waals surface area (Å²) < 4.78 is 0. The minimum Gasteiger partial charge on any atom is -0.504 e. The summed E-state index contributed by atoms with van der Waals surface area (Å²) in [5.41, 5.74) is 5.40. The van der Waals surface area contributed by atoms with Gasteiger partial charge in [-0.3, -0.25) is 4.79 Å². The fraction of sp³-hybridized carbons (Fsp3) is 0.0769. The fourth-order valence-corrected chi connectivity index (χ4v) is 2.15. The normalized spacial score (nSPS) is 12.6. The highest BCUT2D eigenvalue weighted by molar-refractivity contribution is 7.13. The molecule has 1 atom stereocenters. The van der Waals surface area contributed by atoms with Gasteiger partial charge in [0.2, 0.25) is 6.10 Å². The van der Waals surface area contributed by atoms with E-state index in [0.29, 0.717) is 6.29 Å². The Labute approximate surface area is 133 Å². The number of carboxylic acid groups (broad SMARTS) is 1. The van der Waals surface area contributed by atoms with Crippen LogP contribution in [0.15, 0.2) is 28.7 Å². The Kier molecular flexibility index (Phi) is 4.76. The number of anilines is 1. The standard InChI is InChI=1S/C13H11N3O6S/c14-13-15-8(5-23-13)7(4-17)16-22-11(12(20)21)6-1-2-9(18)10(19)3-6/h1-5,11,18-19H,(H2,14,15)(H,20,21)/b16-7-. The molecule has 0 saturated carbocycles. The first-order valence-corrected chi connectivity index (χ1v) is 6.95. The molecule has 0 bridgehead atoms. The van der Waals surface area contributed by atoms with E-state index < -0.39 is 23.6 Å². The van der Waals surface area contributed by atoms with Crippen LogP contribution >= 0.6 is 11.3 Å². The van der Waals surface area contributed by atoms with Crippen molar-refractivity contribution in [3.8, 4) is 11.5 Å². The number of aliphatic carboxylic acids is 1. The van der Waals surface area contributed by atoms with Gasteiger partial charge in [-0.25, -0.2) is 9.78 Å². The summed E-state index contributed by atoms with van der Waals surface area (Å²) in [5.74, 6) is -2.32. The Bertz CT molecular complexity index is 773. The molecular weight excluding hydrogens is 326 g/mol. The van der Waals surface area contributed by atoms with Crippen molar-refractivity contribution in [3.05, 3.63) is 34.8 Å². The number of phenolic OH excluding ortho intramolecular Hbond substituents is 2. The van der Waals surface area contributed by atoms with Crippen molar-refractivity contribution in [2.75, 3.05) is 5.73 Å². The van der Waals surface area contributed by atoms with E-state index in [9.17, 15) is 24.9 Å². The van der Waals surface area contributed by atoms with Gasteiger partial charge >= 0.3 is 5.97 Å². The Balaban J connectivity index is 2.28. The molecule has 23 heavy (non-hydrogen) atoms. The van der Waals surface area contributed by atoms with Gasteiger partial charge in [-0.05, 0) is 12.1 Å². The Morgan fingerprint density at radius 3 is 2.65 bits per heavy atom. The predicted molar refractivity (Wildman–Crippen MR) is 80.4 cm³/mol. The number of phenols is 2. The molecule has 2 aromatic rings. The first-order chi connectivity index (χ1) is 10.9. The average Bonchev–Trinajstić information content (AvgIpc) is 2.93. The zero-order valence-electron chi connectivity index (χ0n) is 11.4. The Hall–Kier alpha value is -3.14. The van der Waals surface area contributed by atoms with Gasteiger partial charge in [0.1, 0.15) is 5.69 Å². The number of rotatable bonds is 6. The second-order valence-electron chi connectivity index (χ2n) is 4.24. The third-order valence-corrected chi connectivity index (χ3v) is 3.35. The number of hydrogen-bond acceptors (Lipinski definition) is 9. The van der Waals surface area contributed by atoms with Gasteiger partial charge in [0, 0.05) is 10.9 Å². The van der Waals surface area contributed by atoms with Gasteiger partial charge in [0.05, 0.1) is 0 Å². The SMILES string of the molecule is Nc1nc(/C(C=O)=N\OC(C(=O)O)c2ccc(O)c(O)c2)cs1. The van der Waals surface area contributed by atoms with Gasteiger partial charge in [0.15, 0.2) is 28.6 Å². The lowest BCUT2D eigenvalue weighted by Gasteiger charge is -2.11. The second kappa shape index (κ2) is 6.75. The van der Waals surface area contributed by atoms with E-state index in [1.54, 1.807) is 0 Å². The highest BCUT2D eigenvalue weighted by atomic mass is 32.1. The maximum Gasteiger partial charge on any atom is 0.352 e. The molecule has 10 heteroatoms. The molecule has 0 saturated heterocycles. The van der Waals surface area contributed by atoms with Crippen molar-refractivity contribution in [2.45, 2.75) is 6.10 Å². The molecule has 1 heterocycles. The van der Waals surface area contributed by atoms with E-state index in [-0.39, 0.29) is 22.1 Å². The molecule has 0 aliphatic heterocycles. The Morgan fingerprint density at radius 1 is 1.39 bits per heavy atom. The maximum absolute atomic E-state index is 11.3. The molecule has 9 nitrogen and oxygen atoms in total. The number of nitrogen functional groups attached to an aromatic ring is 1. The van der Waals surface area contributed by atoms with E-state index in [4.69, 9.17) is 10.6 Å². The lowest BCUT2D eigenvalue weighted by molar-refractivity contribution is -0.151. The molecule has 120 valence electrons. The number of nitrogens with zero attached hydrogens (tertiary/aromatic N) is 2. The van der Waals surface area contributed by atoms with Crippen molar-refractivity contribution in [2.24, 2.45) is 5.16 Å². The summed E-state index contributed by atoms with van der Waals surface area (Å²) in [6.45, 7) is 0. The average molecular weight is 337 g/mol. The van der Waals surface area contributed by atoms with Crippen LogP contribution in [0.5, 0.6) is 11.5 Å². The molecule has 5 N–H and O–H groups in total. The number of thiazole rings is 1. The third kappa shape index (κ3) is 3.74. The molecule has 1 aromatic heterocycles. The lowest BCUT2D eigenvalue weighted by Crippen LogP contribution is -2.15. The molecule has 0 fully saturated rings. The maximum atomic E-state index is 11.3. The van der Waals surface area contributed by atoms with Crippen LogP contribution in [0.1, 0.15) is 17.4 Å². The minimum atomic E-state index is -1.59. The lowest BCUT2D eigenvalue weighted by atomic mass is 10.1. The number of aromatic nitrogens is 1. The van der Waals surface area contributed by atoms with Crippen LogP contribution in [-0.4, -0.2) is 38.3 Å². The van der Waals surface area contributed by atoms with Crippen LogP contribution in [0.2, 0.25) is 0 Å². The quantitative estimate of drug-likeness (QED) is 0.262. The largest absolute Gasteiger partial charge is 0.504 e. The molecule has 0 spiro atoms. The third-order valence-electron chi connectivity index (χ3n) is 2.68. The van der Waals surface area contributed by atoms with Crippen molar-refractivity contribution < 1.29 is 29.7 Å². The Morgan fingerprint density at radius 2 is 2.13 bits per heavy atom. The van der Waals surface area contributed by atoms with Gasteiger partial charge in [-0.15, -0.1) is 11.3 Å². The summed E-state index contributed by atoms with van der Waals surface area (Å²) >= 11 is 1.08. The smallest absolute Gasteiger partial charge is 0.352 e. The van der Waals surface area contributed by atoms with Crippen molar-refractivity contribution >= 4 is 34.4 Å². The van der Waals surface area contributed by atoms with Gasteiger partial charge in [-0.1, -0.05) is 11.2 Å². The van der Waals surface area contributed by atoms with E-state index in [2.05, 4.69) is 10.1 Å². The van der Waals surface area contributed by atoms with Crippen LogP contribution < -0.4 is 5.73 Å². The number of carboxylic acids is 1. The monoisotopic (exact) mass is 337 g/mol. The summed E-state index contributed by atoms with van der Waals surface area (Å²) in [7, 11) is 0. The van der Waals surface area contributed by atoms with Crippen LogP contribution in [0.25, 0.3) is 0 Å². The van der Waals surface area contributed by atoms with E-state index in [0.717, 1.165) is 23.5 Å². The van der Waals surface area contributed by atoms with Crippen LogP contribution in [0.4, 0.5) is 5.13 Å². The zero-order chi connectivity index (χ0) is 17.0. The van der Waals surface area contributed by atoms with Crippen molar-refractivity contribution in [1.82, 2.24) is 4.98 Å². The molecule has 0 aliphatic rings. The van der Waals surface area contributed by atoms with E-state index in [1.165, 1.54) is 11.4 Å². The van der Waals surface area contributed by atoms with E-state index in [1.807, 2.05) is 0 Å². The summed E-state index contributed by atoms with van der Waals surface area (Å²) in [5, 5.41) is 33.0. The second-order valence-corrected chi connectivity index (χ2v) is 5.13. The van der Waals surface area contributed by atoms with Gasteiger partial charge < -0.3 is 25.9 Å². The topological polar surface area (TPSA) is 155 Å². The van der Waals surface area contributed by atoms with Crippen LogP contribution in [-0.2, 0) is 14.4 Å². The van der Waals surface area contributed by atoms with Gasteiger partial charge in [-0.2, -0.15) is 0 Å². The molecule has 0 aliphatic carbocycles. The number of nitrogens with two attached hydrogens (primary N) is 1. The number of carbonyl (C=O) groups is 2. The van der Waals surface area contributed by atoms with Crippen LogP contribution in [0, 0.1) is 0 Å². The number of hydrogen-bond donors (Lipinski definition) is 4. The fourth-order valence-electron chi connectivity index (χ4n) is 1.60. The molecule has 1 unspecified atom stereocenters. The van der Waals surface area contributed by atoms with Gasteiger partial charge in [0.25, 0.3) is 0 Å².